The van der Waals surface area contributed by atoms with Crippen LogP contribution < -0.4 is 5.32 Å². The summed E-state index contributed by atoms with van der Waals surface area (Å²) in [4.78, 5) is 55.0. The minimum absolute atomic E-state index is 0.0484. The number of amides is 1. The lowest BCUT2D eigenvalue weighted by molar-refractivity contribution is -0.305. The van der Waals surface area contributed by atoms with E-state index in [1.807, 2.05) is 6.92 Å². The van der Waals surface area contributed by atoms with E-state index < -0.39 is 94.4 Å². The van der Waals surface area contributed by atoms with E-state index in [4.69, 9.17) is 18.9 Å². The number of esters is 2. The standard InChI is InChI=1S/C40H49NO12/c1-21-24-18-40(49,19-25(21)51-35(47)30(44)28(22-13-9-7-10-14-22)41-36(48)53-37(2,3)4)33(52-34(46)23-15-11-8-12-16-23)31-38(5)20-50-27(38)17-26(42)39(31,6)32(45)29(24)43/h7-16,25-31,33,42-44,49H,17-20H2,1-6H3,(H,41,48)/t25-,26-,27?,28-,29+,30+,31?,33-,38+,39?,40+/m0/s1. The van der Waals surface area contributed by atoms with Gasteiger partial charge in [0.2, 0.25) is 0 Å². The predicted molar refractivity (Wildman–Crippen MR) is 188 cm³/mol. The molecule has 0 spiro atoms. The zero-order valence-electron chi connectivity index (χ0n) is 30.8. The summed E-state index contributed by atoms with van der Waals surface area (Å²) < 4.78 is 23.4. The van der Waals surface area contributed by atoms with Gasteiger partial charge in [0.1, 0.15) is 29.5 Å². The van der Waals surface area contributed by atoms with Gasteiger partial charge in [0.25, 0.3) is 0 Å². The van der Waals surface area contributed by atoms with Gasteiger partial charge >= 0.3 is 18.0 Å². The monoisotopic (exact) mass is 735 g/mol. The number of aliphatic hydroxyl groups excluding tert-OH is 3. The second kappa shape index (κ2) is 13.9. The third kappa shape index (κ3) is 6.89. The highest BCUT2D eigenvalue weighted by Crippen LogP contribution is 2.63. The van der Waals surface area contributed by atoms with E-state index in [0.29, 0.717) is 5.56 Å². The number of ketones is 1. The highest BCUT2D eigenvalue weighted by molar-refractivity contribution is 5.93. The van der Waals surface area contributed by atoms with Crippen molar-refractivity contribution >= 4 is 23.8 Å². The summed E-state index contributed by atoms with van der Waals surface area (Å²) in [6.07, 6.45) is -9.86. The molecule has 53 heavy (non-hydrogen) atoms. The zero-order chi connectivity index (χ0) is 38.7. The Morgan fingerprint density at radius 3 is 2.19 bits per heavy atom. The summed E-state index contributed by atoms with van der Waals surface area (Å²) in [5.74, 6) is -3.72. The predicted octanol–water partition coefficient (Wildman–Crippen LogP) is 3.33. The number of rotatable bonds is 7. The number of carbonyl (C=O) groups excluding carboxylic acids is 4. The summed E-state index contributed by atoms with van der Waals surface area (Å²) in [7, 11) is 0. The van der Waals surface area contributed by atoms with E-state index in [0.717, 1.165) is 0 Å². The van der Waals surface area contributed by atoms with Crippen molar-refractivity contribution in [2.75, 3.05) is 6.61 Å². The first-order valence-electron chi connectivity index (χ1n) is 17.9. The number of fused-ring (bicyclic) bond motifs is 5. The fourth-order valence-electron chi connectivity index (χ4n) is 8.77. The van der Waals surface area contributed by atoms with Crippen LogP contribution in [0, 0.1) is 16.7 Å². The molecule has 13 heteroatoms. The Kier molecular flexibility index (Phi) is 10.1. The normalized spacial score (nSPS) is 34.9. The van der Waals surface area contributed by atoms with Gasteiger partial charge in [-0.25, -0.2) is 14.4 Å². The summed E-state index contributed by atoms with van der Waals surface area (Å²) in [5, 5.41) is 50.2. The molecular formula is C40H49NO12. The first-order valence-corrected chi connectivity index (χ1v) is 17.9. The Labute approximate surface area is 308 Å². The van der Waals surface area contributed by atoms with Crippen LogP contribution in [0.2, 0.25) is 0 Å². The topological polar surface area (TPSA) is 198 Å². The number of aliphatic hydroxyl groups is 4. The Balaban J connectivity index is 1.39. The van der Waals surface area contributed by atoms with Crippen molar-refractivity contribution in [3.63, 3.8) is 0 Å². The van der Waals surface area contributed by atoms with Crippen LogP contribution in [0.5, 0.6) is 0 Å². The van der Waals surface area contributed by atoms with Gasteiger partial charge in [-0.2, -0.15) is 0 Å². The van der Waals surface area contributed by atoms with Crippen molar-refractivity contribution in [3.05, 3.63) is 82.9 Å². The molecule has 1 saturated heterocycles. The molecule has 1 amide bonds. The third-order valence-electron chi connectivity index (χ3n) is 11.7. The van der Waals surface area contributed by atoms with Crippen LogP contribution in [0.25, 0.3) is 0 Å². The molecule has 3 unspecified atom stereocenters. The average molecular weight is 736 g/mol. The molecule has 3 aliphatic carbocycles. The van der Waals surface area contributed by atoms with Crippen molar-refractivity contribution in [1.82, 2.24) is 5.32 Å². The largest absolute Gasteiger partial charge is 0.456 e. The van der Waals surface area contributed by atoms with Gasteiger partial charge in [-0.1, -0.05) is 55.5 Å². The number of hydrogen-bond acceptors (Lipinski definition) is 12. The smallest absolute Gasteiger partial charge is 0.408 e. The molecule has 2 aromatic carbocycles. The van der Waals surface area contributed by atoms with E-state index in [1.165, 1.54) is 6.92 Å². The summed E-state index contributed by atoms with van der Waals surface area (Å²) >= 11 is 0. The molecule has 4 aliphatic rings. The Hall–Kier alpha value is -4.14. The highest BCUT2D eigenvalue weighted by atomic mass is 16.6. The van der Waals surface area contributed by atoms with Crippen LogP contribution in [0.1, 0.15) is 82.8 Å². The number of nitrogens with one attached hydrogen (secondary N) is 1. The van der Waals surface area contributed by atoms with Crippen molar-refractivity contribution in [1.29, 1.82) is 0 Å². The van der Waals surface area contributed by atoms with Crippen LogP contribution in [-0.2, 0) is 28.5 Å². The number of ether oxygens (including phenoxy) is 4. The molecule has 0 aromatic heterocycles. The lowest BCUT2D eigenvalue weighted by atomic mass is 9.45. The van der Waals surface area contributed by atoms with Crippen molar-refractivity contribution in [2.45, 2.75) is 115 Å². The van der Waals surface area contributed by atoms with Crippen LogP contribution >= 0.6 is 0 Å². The molecule has 3 fully saturated rings. The fraction of sp³-hybridized carbons (Fsp3) is 0.550. The molecule has 5 N–H and O–H groups in total. The SMILES string of the molecule is CC1=C2C[C@@](O)(C[C@@H]1OC(=O)[C@H](O)[C@@H](NC(=O)OC(C)(C)C)c1ccccc1)[C@@H](OC(=O)c1ccccc1)C1C(C)(C(=O)[C@@H]2O)[C@@H](O)CC2OC[C@]21C. The lowest BCUT2D eigenvalue weighted by Gasteiger charge is -2.66. The van der Waals surface area contributed by atoms with Gasteiger partial charge in [-0.05, 0) is 63.5 Å². The number of Topliss-reactive ketones (excluding diaryl/α,β-unsaturated/α-hetero) is 1. The van der Waals surface area contributed by atoms with Gasteiger partial charge in [0.15, 0.2) is 11.9 Å². The third-order valence-corrected chi connectivity index (χ3v) is 11.7. The second-order valence-electron chi connectivity index (χ2n) is 16.4. The highest BCUT2D eigenvalue weighted by Gasteiger charge is 2.72. The Morgan fingerprint density at radius 1 is 0.981 bits per heavy atom. The minimum atomic E-state index is -2.05. The van der Waals surface area contributed by atoms with Gasteiger partial charge < -0.3 is 44.7 Å². The fourth-order valence-corrected chi connectivity index (χ4v) is 8.77. The summed E-state index contributed by atoms with van der Waals surface area (Å²) in [6, 6.07) is 15.1. The van der Waals surface area contributed by atoms with Crippen molar-refractivity contribution in [2.24, 2.45) is 16.7 Å². The number of carbonyl (C=O) groups is 4. The van der Waals surface area contributed by atoms with E-state index in [1.54, 1.807) is 88.4 Å². The average Bonchev–Trinajstić information content (AvgIpc) is 3.11. The number of hydrogen-bond donors (Lipinski definition) is 5. The maximum absolute atomic E-state index is 14.5. The molecule has 286 valence electrons. The van der Waals surface area contributed by atoms with E-state index in [-0.39, 0.29) is 42.6 Å². The molecule has 11 atom stereocenters. The van der Waals surface area contributed by atoms with Crippen molar-refractivity contribution in [3.8, 4) is 0 Å². The zero-order valence-corrected chi connectivity index (χ0v) is 30.8. The maximum Gasteiger partial charge on any atom is 0.408 e. The molecule has 13 nitrogen and oxygen atoms in total. The number of benzene rings is 2. The van der Waals surface area contributed by atoms with Crippen LogP contribution in [0.3, 0.4) is 0 Å². The van der Waals surface area contributed by atoms with E-state index in [2.05, 4.69) is 5.32 Å². The van der Waals surface area contributed by atoms with Crippen molar-refractivity contribution < 1.29 is 58.6 Å². The minimum Gasteiger partial charge on any atom is -0.456 e. The van der Waals surface area contributed by atoms with E-state index in [9.17, 15) is 39.6 Å². The molecule has 0 radical (unpaired) electrons. The quantitative estimate of drug-likeness (QED) is 0.158. The molecule has 1 aliphatic heterocycles. The molecule has 2 bridgehead atoms. The Morgan fingerprint density at radius 2 is 1.60 bits per heavy atom. The first-order chi connectivity index (χ1) is 24.8. The summed E-state index contributed by atoms with van der Waals surface area (Å²) in [5.41, 5.74) is -4.61. The van der Waals surface area contributed by atoms with Gasteiger partial charge in [-0.15, -0.1) is 0 Å². The molecule has 2 saturated carbocycles. The first kappa shape index (κ1) is 38.6. The second-order valence-corrected chi connectivity index (χ2v) is 16.4. The summed E-state index contributed by atoms with van der Waals surface area (Å²) in [6.45, 7) is 10.1. The van der Waals surface area contributed by atoms with Crippen LogP contribution in [0.4, 0.5) is 4.79 Å². The van der Waals surface area contributed by atoms with Gasteiger partial charge in [0, 0.05) is 30.6 Å². The molecule has 1 heterocycles. The Bertz CT molecular complexity index is 1770. The van der Waals surface area contributed by atoms with E-state index >= 15 is 0 Å². The van der Waals surface area contributed by atoms with Crippen LogP contribution in [0.15, 0.2) is 71.8 Å². The molecular weight excluding hydrogens is 686 g/mol. The van der Waals surface area contributed by atoms with Crippen LogP contribution in [-0.4, -0.2) is 98.7 Å². The van der Waals surface area contributed by atoms with Gasteiger partial charge in [-0.3, -0.25) is 4.79 Å². The molecule has 2 aromatic rings. The number of alkyl carbamates (subject to hydrolysis) is 1. The lowest BCUT2D eigenvalue weighted by Crippen LogP contribution is -2.75. The maximum atomic E-state index is 14.5. The van der Waals surface area contributed by atoms with Gasteiger partial charge in [0.05, 0.1) is 35.8 Å². The molecule has 6 rings (SSSR count).